The summed E-state index contributed by atoms with van der Waals surface area (Å²) in [6, 6.07) is 4.34. The first-order chi connectivity index (χ1) is 10.0. The van der Waals surface area contributed by atoms with Gasteiger partial charge in [0.15, 0.2) is 0 Å². The van der Waals surface area contributed by atoms with Crippen molar-refractivity contribution in [2.45, 2.75) is 18.9 Å². The lowest BCUT2D eigenvalue weighted by atomic mass is 10.1. The van der Waals surface area contributed by atoms with Crippen molar-refractivity contribution < 1.29 is 9.59 Å². The normalized spacial score (nSPS) is 17.2. The molecule has 2 rings (SSSR count). The summed E-state index contributed by atoms with van der Waals surface area (Å²) in [5, 5.41) is 0.386. The zero-order chi connectivity index (χ0) is 15.4. The van der Waals surface area contributed by atoms with Crippen molar-refractivity contribution in [2.75, 3.05) is 13.1 Å². The van der Waals surface area contributed by atoms with E-state index in [1.807, 2.05) is 0 Å². The molecular weight excluding hydrogens is 290 g/mol. The number of halogens is 1. The summed E-state index contributed by atoms with van der Waals surface area (Å²) in [7, 11) is 0. The molecule has 1 aromatic carbocycles. The zero-order valence-electron chi connectivity index (χ0n) is 11.4. The Morgan fingerprint density at radius 2 is 2.19 bits per heavy atom. The molecule has 5 nitrogen and oxygen atoms in total. The summed E-state index contributed by atoms with van der Waals surface area (Å²) < 4.78 is 0. The van der Waals surface area contributed by atoms with E-state index in [4.69, 9.17) is 23.1 Å². The zero-order valence-corrected chi connectivity index (χ0v) is 12.2. The van der Waals surface area contributed by atoms with Crippen LogP contribution in [0.15, 0.2) is 18.2 Å². The van der Waals surface area contributed by atoms with Crippen LogP contribution in [0.3, 0.4) is 0 Å². The van der Waals surface area contributed by atoms with Gasteiger partial charge in [-0.25, -0.2) is 0 Å². The van der Waals surface area contributed by atoms with Gasteiger partial charge in [-0.2, -0.15) is 0 Å². The first kappa shape index (κ1) is 15.4. The molecule has 0 spiro atoms. The minimum atomic E-state index is -0.534. The van der Waals surface area contributed by atoms with Crippen LogP contribution in [-0.4, -0.2) is 35.8 Å². The number of primary amides is 1. The SMILES string of the molecule is NCC#Cc1ccc(C(=O)N2CCCC2C(N)=O)cc1Cl. The Labute approximate surface area is 128 Å². The van der Waals surface area contributed by atoms with Crippen molar-refractivity contribution in [3.63, 3.8) is 0 Å². The first-order valence-electron chi connectivity index (χ1n) is 6.63. The molecule has 1 atom stereocenters. The fourth-order valence-electron chi connectivity index (χ4n) is 2.37. The molecule has 2 amide bonds. The summed E-state index contributed by atoms with van der Waals surface area (Å²) >= 11 is 6.11. The average Bonchev–Trinajstić information content (AvgIpc) is 2.94. The summed E-state index contributed by atoms with van der Waals surface area (Å²) in [4.78, 5) is 25.3. The third-order valence-corrected chi connectivity index (χ3v) is 3.70. The number of nitrogens with two attached hydrogens (primary N) is 2. The topological polar surface area (TPSA) is 89.4 Å². The van der Waals surface area contributed by atoms with Gasteiger partial charge in [-0.05, 0) is 31.0 Å². The van der Waals surface area contributed by atoms with Gasteiger partial charge in [0.25, 0.3) is 5.91 Å². The van der Waals surface area contributed by atoms with E-state index in [1.54, 1.807) is 18.2 Å². The molecule has 1 unspecified atom stereocenters. The average molecular weight is 306 g/mol. The molecule has 1 heterocycles. The van der Waals surface area contributed by atoms with Crippen molar-refractivity contribution in [1.82, 2.24) is 4.90 Å². The summed E-state index contributed by atoms with van der Waals surface area (Å²) in [5.74, 6) is 4.82. The smallest absolute Gasteiger partial charge is 0.254 e. The maximum atomic E-state index is 12.4. The number of nitrogens with zero attached hydrogens (tertiary/aromatic N) is 1. The number of amides is 2. The molecule has 21 heavy (non-hydrogen) atoms. The number of likely N-dealkylation sites (tertiary alicyclic amines) is 1. The van der Waals surface area contributed by atoms with Crippen LogP contribution in [0.2, 0.25) is 5.02 Å². The Bertz CT molecular complexity index is 634. The Kier molecular flexibility index (Phi) is 4.84. The van der Waals surface area contributed by atoms with Crippen LogP contribution >= 0.6 is 11.6 Å². The second-order valence-electron chi connectivity index (χ2n) is 4.76. The molecule has 0 radical (unpaired) electrons. The molecular formula is C15H16ClN3O2. The van der Waals surface area contributed by atoms with Crippen LogP contribution in [0, 0.1) is 11.8 Å². The molecule has 1 fully saturated rings. The van der Waals surface area contributed by atoms with Crippen LogP contribution in [0.4, 0.5) is 0 Å². The Hall–Kier alpha value is -2.03. The molecule has 0 aromatic heterocycles. The minimum absolute atomic E-state index is 0.239. The van der Waals surface area contributed by atoms with Gasteiger partial charge < -0.3 is 16.4 Å². The number of carbonyl (C=O) groups excluding carboxylic acids is 2. The lowest BCUT2D eigenvalue weighted by Gasteiger charge is -2.22. The van der Waals surface area contributed by atoms with Crippen molar-refractivity contribution in [1.29, 1.82) is 0 Å². The monoisotopic (exact) mass is 305 g/mol. The van der Waals surface area contributed by atoms with Gasteiger partial charge in [0.1, 0.15) is 6.04 Å². The van der Waals surface area contributed by atoms with Crippen molar-refractivity contribution >= 4 is 23.4 Å². The van der Waals surface area contributed by atoms with Crippen LogP contribution in [0.1, 0.15) is 28.8 Å². The molecule has 110 valence electrons. The van der Waals surface area contributed by atoms with E-state index in [0.29, 0.717) is 29.1 Å². The highest BCUT2D eigenvalue weighted by Gasteiger charge is 2.33. The second kappa shape index (κ2) is 6.61. The highest BCUT2D eigenvalue weighted by Crippen LogP contribution is 2.23. The Morgan fingerprint density at radius 3 is 2.81 bits per heavy atom. The van der Waals surface area contributed by atoms with Crippen LogP contribution in [0.25, 0.3) is 0 Å². The third kappa shape index (κ3) is 3.35. The lowest BCUT2D eigenvalue weighted by Crippen LogP contribution is -2.43. The quantitative estimate of drug-likeness (QED) is 0.790. The molecule has 6 heteroatoms. The summed E-state index contributed by atoms with van der Waals surface area (Å²) in [5.41, 5.74) is 11.7. The highest BCUT2D eigenvalue weighted by molar-refractivity contribution is 6.32. The molecule has 1 aromatic rings. The van der Waals surface area contributed by atoms with Crippen LogP contribution in [0.5, 0.6) is 0 Å². The standard InChI is InChI=1S/C15H16ClN3O2/c16-12-9-11(6-5-10(12)3-1-7-17)15(21)19-8-2-4-13(19)14(18)20/h5-6,9,13H,2,4,7-8,17H2,(H2,18,20). The Balaban J connectivity index is 2.24. The van der Waals surface area contributed by atoms with Crippen LogP contribution < -0.4 is 11.5 Å². The Morgan fingerprint density at radius 1 is 1.43 bits per heavy atom. The predicted molar refractivity (Wildman–Crippen MR) is 80.6 cm³/mol. The number of rotatable bonds is 2. The summed E-state index contributed by atoms with van der Waals surface area (Å²) in [6.07, 6.45) is 1.38. The number of hydrogen-bond acceptors (Lipinski definition) is 3. The van der Waals surface area contributed by atoms with E-state index in [2.05, 4.69) is 11.8 Å². The minimum Gasteiger partial charge on any atom is -0.368 e. The van der Waals surface area contributed by atoms with Crippen molar-refractivity contribution in [3.8, 4) is 11.8 Å². The van der Waals surface area contributed by atoms with Crippen LogP contribution in [-0.2, 0) is 4.79 Å². The molecule has 4 N–H and O–H groups in total. The highest BCUT2D eigenvalue weighted by atomic mass is 35.5. The van der Waals surface area contributed by atoms with Gasteiger partial charge in [-0.15, -0.1) is 0 Å². The first-order valence-corrected chi connectivity index (χ1v) is 7.01. The molecule has 1 aliphatic rings. The van der Waals surface area contributed by atoms with Crippen molar-refractivity contribution in [3.05, 3.63) is 34.3 Å². The van der Waals surface area contributed by atoms with Gasteiger partial charge in [0.2, 0.25) is 5.91 Å². The summed E-state index contributed by atoms with van der Waals surface area (Å²) in [6.45, 7) is 0.768. The molecule has 0 saturated carbocycles. The largest absolute Gasteiger partial charge is 0.368 e. The lowest BCUT2D eigenvalue weighted by molar-refractivity contribution is -0.121. The van der Waals surface area contributed by atoms with E-state index in [-0.39, 0.29) is 12.5 Å². The fraction of sp³-hybridized carbons (Fsp3) is 0.333. The van der Waals surface area contributed by atoms with Gasteiger partial charge in [0, 0.05) is 17.7 Å². The van der Waals surface area contributed by atoms with Gasteiger partial charge in [-0.3, -0.25) is 9.59 Å². The molecule has 0 aliphatic carbocycles. The van der Waals surface area contributed by atoms with Crippen molar-refractivity contribution in [2.24, 2.45) is 11.5 Å². The van der Waals surface area contributed by atoms with E-state index < -0.39 is 11.9 Å². The number of benzene rings is 1. The van der Waals surface area contributed by atoms with Gasteiger partial charge in [-0.1, -0.05) is 23.4 Å². The number of carbonyl (C=O) groups is 2. The molecule has 0 bridgehead atoms. The van der Waals surface area contributed by atoms with Gasteiger partial charge in [0.05, 0.1) is 11.6 Å². The third-order valence-electron chi connectivity index (χ3n) is 3.38. The van der Waals surface area contributed by atoms with E-state index in [9.17, 15) is 9.59 Å². The number of hydrogen-bond donors (Lipinski definition) is 2. The van der Waals surface area contributed by atoms with E-state index in [1.165, 1.54) is 4.90 Å². The maximum Gasteiger partial charge on any atom is 0.254 e. The maximum absolute atomic E-state index is 12.4. The van der Waals surface area contributed by atoms with E-state index >= 15 is 0 Å². The van der Waals surface area contributed by atoms with E-state index in [0.717, 1.165) is 6.42 Å². The fourth-order valence-corrected chi connectivity index (χ4v) is 2.59. The predicted octanol–water partition coefficient (Wildman–Crippen LogP) is 0.740. The molecule has 1 saturated heterocycles. The van der Waals surface area contributed by atoms with Gasteiger partial charge >= 0.3 is 0 Å². The molecule has 1 aliphatic heterocycles. The second-order valence-corrected chi connectivity index (χ2v) is 5.17.